The molecule has 4 nitrogen and oxygen atoms in total. The van der Waals surface area contributed by atoms with Gasteiger partial charge in [-0.15, -0.1) is 0 Å². The van der Waals surface area contributed by atoms with Crippen LogP contribution in [0, 0.1) is 13.8 Å². The van der Waals surface area contributed by atoms with Crippen molar-refractivity contribution >= 4 is 11.7 Å². The van der Waals surface area contributed by atoms with Crippen molar-refractivity contribution in [1.29, 1.82) is 0 Å². The molecular formula is C18H23N3O. The van der Waals surface area contributed by atoms with Gasteiger partial charge in [-0.3, -0.25) is 0 Å². The molecule has 2 aromatic rings. The molecule has 0 aliphatic carbocycles. The van der Waals surface area contributed by atoms with Crippen molar-refractivity contribution in [3.8, 4) is 0 Å². The van der Waals surface area contributed by atoms with Crippen LogP contribution in [0.4, 0.5) is 10.5 Å². The summed E-state index contributed by atoms with van der Waals surface area (Å²) in [7, 11) is 0. The van der Waals surface area contributed by atoms with Crippen LogP contribution >= 0.6 is 0 Å². The molecule has 1 aromatic heterocycles. The van der Waals surface area contributed by atoms with E-state index in [1.807, 2.05) is 36.1 Å². The van der Waals surface area contributed by atoms with Crippen LogP contribution in [0.5, 0.6) is 0 Å². The Hall–Kier alpha value is -2.23. The summed E-state index contributed by atoms with van der Waals surface area (Å²) in [6.07, 6.45) is 0.921. The molecule has 22 heavy (non-hydrogen) atoms. The van der Waals surface area contributed by atoms with Crippen LogP contribution in [-0.2, 0) is 6.54 Å². The Balaban J connectivity index is 1.79. The second-order valence-corrected chi connectivity index (χ2v) is 5.96. The number of hydrogen-bond acceptors (Lipinski definition) is 1. The number of amides is 2. The summed E-state index contributed by atoms with van der Waals surface area (Å²) in [5, 5.41) is 3.02. The quantitative estimate of drug-likeness (QED) is 0.890. The molecule has 1 aliphatic rings. The van der Waals surface area contributed by atoms with Crippen molar-refractivity contribution in [3.63, 3.8) is 0 Å². The first-order valence-corrected chi connectivity index (χ1v) is 7.90. The second kappa shape index (κ2) is 5.87. The Bertz CT molecular complexity index is 672. The van der Waals surface area contributed by atoms with E-state index in [9.17, 15) is 4.79 Å². The zero-order valence-electron chi connectivity index (χ0n) is 13.5. The lowest BCUT2D eigenvalue weighted by Crippen LogP contribution is -2.44. The SMILES string of the molecule is CC[C@H]1c2ccc(C)n2CCN1C(=O)Nc1ccc(C)cc1. The average Bonchev–Trinajstić information content (AvgIpc) is 2.90. The van der Waals surface area contributed by atoms with Crippen molar-refractivity contribution in [2.75, 3.05) is 11.9 Å². The van der Waals surface area contributed by atoms with Gasteiger partial charge >= 0.3 is 6.03 Å². The van der Waals surface area contributed by atoms with Gasteiger partial charge in [-0.05, 0) is 44.5 Å². The predicted molar refractivity (Wildman–Crippen MR) is 89.1 cm³/mol. The summed E-state index contributed by atoms with van der Waals surface area (Å²) in [5.41, 5.74) is 4.55. The Labute approximate surface area is 131 Å². The van der Waals surface area contributed by atoms with Crippen LogP contribution in [0.25, 0.3) is 0 Å². The molecule has 0 saturated carbocycles. The lowest BCUT2D eigenvalue weighted by molar-refractivity contribution is 0.165. The van der Waals surface area contributed by atoms with Crippen LogP contribution in [-0.4, -0.2) is 22.0 Å². The largest absolute Gasteiger partial charge is 0.345 e. The van der Waals surface area contributed by atoms with E-state index in [1.165, 1.54) is 17.0 Å². The first kappa shape index (κ1) is 14.7. The van der Waals surface area contributed by atoms with Gasteiger partial charge in [0, 0.05) is 30.2 Å². The molecular weight excluding hydrogens is 274 g/mol. The maximum atomic E-state index is 12.6. The Morgan fingerprint density at radius 3 is 2.55 bits per heavy atom. The van der Waals surface area contributed by atoms with E-state index in [4.69, 9.17) is 0 Å². The Kier molecular flexibility index (Phi) is 3.92. The highest BCUT2D eigenvalue weighted by Gasteiger charge is 2.30. The van der Waals surface area contributed by atoms with E-state index < -0.39 is 0 Å². The summed E-state index contributed by atoms with van der Waals surface area (Å²) in [6.45, 7) is 7.91. The van der Waals surface area contributed by atoms with Crippen LogP contribution in [0.3, 0.4) is 0 Å². The standard InChI is InChI=1S/C18H23N3O/c1-4-16-17-10-7-14(3)20(17)11-12-21(16)18(22)19-15-8-5-13(2)6-9-15/h5-10,16H,4,11-12H2,1-3H3,(H,19,22)/t16-/m0/s1. The van der Waals surface area contributed by atoms with Gasteiger partial charge in [-0.2, -0.15) is 0 Å². The van der Waals surface area contributed by atoms with E-state index in [-0.39, 0.29) is 12.1 Å². The highest BCUT2D eigenvalue weighted by Crippen LogP contribution is 2.30. The number of aromatic nitrogens is 1. The van der Waals surface area contributed by atoms with Crippen LogP contribution in [0.2, 0.25) is 0 Å². The van der Waals surface area contributed by atoms with E-state index >= 15 is 0 Å². The maximum Gasteiger partial charge on any atom is 0.322 e. The smallest absolute Gasteiger partial charge is 0.322 e. The number of urea groups is 1. The predicted octanol–water partition coefficient (Wildman–Crippen LogP) is 4.10. The van der Waals surface area contributed by atoms with Gasteiger partial charge in [0.25, 0.3) is 0 Å². The maximum absolute atomic E-state index is 12.6. The molecule has 0 bridgehead atoms. The summed E-state index contributed by atoms with van der Waals surface area (Å²) in [4.78, 5) is 14.6. The van der Waals surface area contributed by atoms with Gasteiger partial charge in [0.15, 0.2) is 0 Å². The second-order valence-electron chi connectivity index (χ2n) is 5.96. The van der Waals surface area contributed by atoms with Crippen LogP contribution < -0.4 is 5.32 Å². The van der Waals surface area contributed by atoms with E-state index in [0.717, 1.165) is 25.2 Å². The van der Waals surface area contributed by atoms with Crippen molar-refractivity contribution in [2.45, 2.75) is 39.8 Å². The minimum absolute atomic E-state index is 0.0131. The molecule has 0 radical (unpaired) electrons. The third-order valence-corrected chi connectivity index (χ3v) is 4.47. The molecule has 1 aliphatic heterocycles. The Morgan fingerprint density at radius 2 is 1.86 bits per heavy atom. The van der Waals surface area contributed by atoms with E-state index in [1.54, 1.807) is 0 Å². The fraction of sp³-hybridized carbons (Fsp3) is 0.389. The zero-order chi connectivity index (χ0) is 15.7. The molecule has 0 saturated heterocycles. The molecule has 1 N–H and O–H groups in total. The normalized spacial score (nSPS) is 17.2. The molecule has 116 valence electrons. The number of hydrogen-bond donors (Lipinski definition) is 1. The summed E-state index contributed by atoms with van der Waals surface area (Å²) in [5.74, 6) is 0. The summed E-state index contributed by atoms with van der Waals surface area (Å²) in [6, 6.07) is 12.3. The molecule has 3 rings (SSSR count). The van der Waals surface area contributed by atoms with Crippen LogP contribution in [0.15, 0.2) is 36.4 Å². The van der Waals surface area contributed by atoms with Gasteiger partial charge < -0.3 is 14.8 Å². The molecule has 1 atom stereocenters. The van der Waals surface area contributed by atoms with Crippen molar-refractivity contribution in [3.05, 3.63) is 53.3 Å². The molecule has 4 heteroatoms. The fourth-order valence-corrected chi connectivity index (χ4v) is 3.21. The minimum atomic E-state index is -0.0131. The highest BCUT2D eigenvalue weighted by atomic mass is 16.2. The summed E-state index contributed by atoms with van der Waals surface area (Å²) < 4.78 is 2.32. The lowest BCUT2D eigenvalue weighted by Gasteiger charge is -2.37. The highest BCUT2D eigenvalue weighted by molar-refractivity contribution is 5.89. The van der Waals surface area contributed by atoms with Crippen molar-refractivity contribution in [2.24, 2.45) is 0 Å². The third-order valence-electron chi connectivity index (χ3n) is 4.47. The molecule has 2 heterocycles. The van der Waals surface area contributed by atoms with Crippen molar-refractivity contribution in [1.82, 2.24) is 9.47 Å². The number of carbonyl (C=O) groups excluding carboxylic acids is 1. The molecule has 0 spiro atoms. The average molecular weight is 297 g/mol. The number of aryl methyl sites for hydroxylation is 2. The third kappa shape index (κ3) is 2.61. The van der Waals surface area contributed by atoms with E-state index in [0.29, 0.717) is 0 Å². The molecule has 0 fully saturated rings. The number of fused-ring (bicyclic) bond motifs is 1. The number of nitrogens with one attached hydrogen (secondary N) is 1. The first-order valence-electron chi connectivity index (χ1n) is 7.90. The number of nitrogens with zero attached hydrogens (tertiary/aromatic N) is 2. The number of anilines is 1. The topological polar surface area (TPSA) is 37.3 Å². The monoisotopic (exact) mass is 297 g/mol. The van der Waals surface area contributed by atoms with Gasteiger partial charge in [-0.1, -0.05) is 24.6 Å². The molecule has 1 aromatic carbocycles. The van der Waals surface area contributed by atoms with Gasteiger partial charge in [0.2, 0.25) is 0 Å². The van der Waals surface area contributed by atoms with E-state index in [2.05, 4.69) is 35.9 Å². The summed E-state index contributed by atoms with van der Waals surface area (Å²) >= 11 is 0. The fourth-order valence-electron chi connectivity index (χ4n) is 3.21. The molecule has 2 amide bonds. The minimum Gasteiger partial charge on any atom is -0.345 e. The number of rotatable bonds is 2. The van der Waals surface area contributed by atoms with Crippen molar-refractivity contribution < 1.29 is 4.79 Å². The first-order chi connectivity index (χ1) is 10.6. The van der Waals surface area contributed by atoms with Gasteiger partial charge in [0.05, 0.1) is 6.04 Å². The lowest BCUT2D eigenvalue weighted by atomic mass is 10.1. The Morgan fingerprint density at radius 1 is 1.14 bits per heavy atom. The number of carbonyl (C=O) groups is 1. The van der Waals surface area contributed by atoms with Gasteiger partial charge in [0.1, 0.15) is 0 Å². The van der Waals surface area contributed by atoms with Gasteiger partial charge in [-0.25, -0.2) is 4.79 Å². The zero-order valence-corrected chi connectivity index (χ0v) is 13.5. The molecule has 0 unspecified atom stereocenters. The number of benzene rings is 1. The van der Waals surface area contributed by atoms with Crippen LogP contribution in [0.1, 0.15) is 36.3 Å².